The van der Waals surface area contributed by atoms with Crippen molar-refractivity contribution in [1.82, 2.24) is 5.32 Å². The van der Waals surface area contributed by atoms with Gasteiger partial charge in [-0.25, -0.2) is 0 Å². The summed E-state index contributed by atoms with van der Waals surface area (Å²) >= 11 is 1.59. The second-order valence-corrected chi connectivity index (χ2v) is 6.36. The molecule has 0 saturated heterocycles. The summed E-state index contributed by atoms with van der Waals surface area (Å²) in [5.41, 5.74) is 7.94. The molecule has 0 bridgehead atoms. The lowest BCUT2D eigenvalue weighted by Gasteiger charge is -2.19. The Balaban J connectivity index is 2.32. The summed E-state index contributed by atoms with van der Waals surface area (Å²) in [5.74, 6) is 0.700. The topological polar surface area (TPSA) is 55.1 Å². The average Bonchev–Trinajstić information content (AvgIpc) is 2.51. The summed E-state index contributed by atoms with van der Waals surface area (Å²) in [6.45, 7) is 6.19. The van der Waals surface area contributed by atoms with Crippen molar-refractivity contribution in [3.05, 3.63) is 16.0 Å². The van der Waals surface area contributed by atoms with E-state index in [4.69, 9.17) is 5.73 Å². The van der Waals surface area contributed by atoms with E-state index >= 15 is 0 Å². The van der Waals surface area contributed by atoms with Gasteiger partial charge in [0.25, 0.3) is 5.91 Å². The highest BCUT2D eigenvalue weighted by atomic mass is 32.1. The molecule has 0 fully saturated rings. The van der Waals surface area contributed by atoms with Gasteiger partial charge in [-0.05, 0) is 44.6 Å². The molecule has 1 atom stereocenters. The van der Waals surface area contributed by atoms with E-state index in [-0.39, 0.29) is 11.9 Å². The Morgan fingerprint density at radius 2 is 2.24 bits per heavy atom. The van der Waals surface area contributed by atoms with Gasteiger partial charge in [-0.15, -0.1) is 11.3 Å². The predicted molar refractivity (Wildman–Crippen MR) is 72.5 cm³/mol. The molecule has 0 saturated carbocycles. The molecule has 17 heavy (non-hydrogen) atoms. The number of rotatable bonds is 2. The van der Waals surface area contributed by atoms with Crippen LogP contribution in [0.25, 0.3) is 0 Å². The molecule has 1 heterocycles. The fraction of sp³-hybridized carbons (Fsp3) is 0.615. The molecular weight excluding hydrogens is 232 g/mol. The predicted octanol–water partition coefficient (Wildman–Crippen LogP) is 2.59. The number of hydrogen-bond donors (Lipinski definition) is 2. The van der Waals surface area contributed by atoms with Crippen LogP contribution in [-0.2, 0) is 12.8 Å². The van der Waals surface area contributed by atoms with Crippen LogP contribution in [0.15, 0.2) is 0 Å². The maximum absolute atomic E-state index is 12.1. The number of anilines is 1. The molecule has 0 spiro atoms. The van der Waals surface area contributed by atoms with E-state index in [0.29, 0.717) is 10.9 Å². The minimum Gasteiger partial charge on any atom is -0.390 e. The van der Waals surface area contributed by atoms with Gasteiger partial charge in [0.1, 0.15) is 0 Å². The van der Waals surface area contributed by atoms with Gasteiger partial charge in [-0.1, -0.05) is 6.92 Å². The molecule has 1 aliphatic rings. The summed E-state index contributed by atoms with van der Waals surface area (Å²) in [6, 6.07) is 0.153. The Labute approximate surface area is 106 Å². The number of nitrogen functional groups attached to an aromatic ring is 1. The maximum atomic E-state index is 12.1. The van der Waals surface area contributed by atoms with Crippen LogP contribution in [0, 0.1) is 5.92 Å². The Bertz CT molecular complexity index is 437. The van der Waals surface area contributed by atoms with E-state index in [1.54, 1.807) is 11.3 Å². The zero-order valence-corrected chi connectivity index (χ0v) is 11.5. The van der Waals surface area contributed by atoms with Crippen LogP contribution in [0.5, 0.6) is 0 Å². The lowest BCUT2D eigenvalue weighted by Crippen LogP contribution is -2.31. The average molecular weight is 252 g/mol. The third-order valence-electron chi connectivity index (χ3n) is 3.19. The van der Waals surface area contributed by atoms with Gasteiger partial charge in [0, 0.05) is 10.9 Å². The SMILES string of the molecule is CC1CCc2c(sc(N)c2C(=O)NC(C)C)C1. The summed E-state index contributed by atoms with van der Waals surface area (Å²) in [6.07, 6.45) is 3.22. The lowest BCUT2D eigenvalue weighted by molar-refractivity contribution is 0.0943. The van der Waals surface area contributed by atoms with Crippen molar-refractivity contribution < 1.29 is 4.79 Å². The smallest absolute Gasteiger partial charge is 0.254 e. The van der Waals surface area contributed by atoms with E-state index in [0.717, 1.165) is 24.8 Å². The standard InChI is InChI=1S/C13H20N2OS/c1-7(2)15-13(16)11-9-5-4-8(3)6-10(9)17-12(11)14/h7-8H,4-6,14H2,1-3H3,(H,15,16). The van der Waals surface area contributed by atoms with Crippen LogP contribution in [0.3, 0.4) is 0 Å². The van der Waals surface area contributed by atoms with Crippen LogP contribution >= 0.6 is 11.3 Å². The fourth-order valence-electron chi connectivity index (χ4n) is 2.36. The molecule has 1 amide bonds. The van der Waals surface area contributed by atoms with Crippen LogP contribution in [0.1, 0.15) is 48.0 Å². The number of nitrogens with one attached hydrogen (secondary N) is 1. The van der Waals surface area contributed by atoms with Gasteiger partial charge in [0.15, 0.2) is 0 Å². The van der Waals surface area contributed by atoms with Gasteiger partial charge in [0.05, 0.1) is 10.6 Å². The number of thiophene rings is 1. The Morgan fingerprint density at radius 3 is 2.88 bits per heavy atom. The van der Waals surface area contributed by atoms with Gasteiger partial charge < -0.3 is 11.1 Å². The van der Waals surface area contributed by atoms with E-state index in [1.807, 2.05) is 13.8 Å². The third-order valence-corrected chi connectivity index (χ3v) is 4.27. The van der Waals surface area contributed by atoms with E-state index in [9.17, 15) is 4.79 Å². The first-order valence-electron chi connectivity index (χ1n) is 6.20. The highest BCUT2D eigenvalue weighted by molar-refractivity contribution is 7.16. The van der Waals surface area contributed by atoms with Gasteiger partial charge in [-0.2, -0.15) is 0 Å². The largest absolute Gasteiger partial charge is 0.390 e. The molecule has 4 heteroatoms. The quantitative estimate of drug-likeness (QED) is 0.850. The number of hydrogen-bond acceptors (Lipinski definition) is 3. The van der Waals surface area contributed by atoms with Gasteiger partial charge in [-0.3, -0.25) is 4.79 Å². The molecule has 2 rings (SSSR count). The van der Waals surface area contributed by atoms with Crippen LogP contribution in [-0.4, -0.2) is 11.9 Å². The zero-order valence-electron chi connectivity index (χ0n) is 10.7. The molecule has 0 aromatic carbocycles. The molecule has 3 N–H and O–H groups in total. The zero-order chi connectivity index (χ0) is 12.6. The summed E-state index contributed by atoms with van der Waals surface area (Å²) in [7, 11) is 0. The van der Waals surface area contributed by atoms with Crippen molar-refractivity contribution >= 4 is 22.2 Å². The van der Waals surface area contributed by atoms with Gasteiger partial charge >= 0.3 is 0 Å². The fourth-order valence-corrected chi connectivity index (χ4v) is 3.63. The second-order valence-electron chi connectivity index (χ2n) is 5.22. The monoisotopic (exact) mass is 252 g/mol. The normalized spacial score (nSPS) is 19.2. The highest BCUT2D eigenvalue weighted by Gasteiger charge is 2.26. The molecule has 1 aliphatic carbocycles. The van der Waals surface area contributed by atoms with Crippen LogP contribution in [0.2, 0.25) is 0 Å². The number of amides is 1. The first kappa shape index (κ1) is 12.4. The highest BCUT2D eigenvalue weighted by Crippen LogP contribution is 2.37. The Kier molecular flexibility index (Phi) is 3.43. The molecule has 94 valence electrons. The van der Waals surface area contributed by atoms with Crippen LogP contribution in [0.4, 0.5) is 5.00 Å². The van der Waals surface area contributed by atoms with Gasteiger partial charge in [0.2, 0.25) is 0 Å². The van der Waals surface area contributed by atoms with Crippen LogP contribution < -0.4 is 11.1 Å². The van der Waals surface area contributed by atoms with Crippen molar-refractivity contribution in [3.8, 4) is 0 Å². The first-order valence-corrected chi connectivity index (χ1v) is 7.01. The third kappa shape index (κ3) is 2.46. The van der Waals surface area contributed by atoms with Crippen molar-refractivity contribution in [2.45, 2.75) is 46.1 Å². The lowest BCUT2D eigenvalue weighted by atomic mass is 9.88. The van der Waals surface area contributed by atoms with E-state index in [1.165, 1.54) is 10.4 Å². The molecule has 0 aliphatic heterocycles. The summed E-state index contributed by atoms with van der Waals surface area (Å²) in [5, 5.41) is 3.62. The molecule has 1 aromatic heterocycles. The molecule has 1 aromatic rings. The van der Waals surface area contributed by atoms with E-state index < -0.39 is 0 Å². The number of carbonyl (C=O) groups excluding carboxylic acids is 1. The second kappa shape index (κ2) is 4.69. The Hall–Kier alpha value is -1.03. The number of nitrogens with two attached hydrogens (primary N) is 1. The van der Waals surface area contributed by atoms with Crippen molar-refractivity contribution in [3.63, 3.8) is 0 Å². The minimum atomic E-state index is -0.00967. The van der Waals surface area contributed by atoms with Crippen molar-refractivity contribution in [2.24, 2.45) is 5.92 Å². The minimum absolute atomic E-state index is 0.00967. The maximum Gasteiger partial charge on any atom is 0.254 e. The van der Waals surface area contributed by atoms with E-state index in [2.05, 4.69) is 12.2 Å². The first-order chi connectivity index (χ1) is 7.99. The molecule has 1 unspecified atom stereocenters. The summed E-state index contributed by atoms with van der Waals surface area (Å²) in [4.78, 5) is 13.4. The molecule has 0 radical (unpaired) electrons. The van der Waals surface area contributed by atoms with Crippen molar-refractivity contribution in [1.29, 1.82) is 0 Å². The molecule has 3 nitrogen and oxygen atoms in total. The molecular formula is C13H20N2OS. The Morgan fingerprint density at radius 1 is 1.53 bits per heavy atom. The number of carbonyl (C=O) groups is 1. The number of fused-ring (bicyclic) bond motifs is 1. The van der Waals surface area contributed by atoms with Crippen molar-refractivity contribution in [2.75, 3.05) is 5.73 Å². The summed E-state index contributed by atoms with van der Waals surface area (Å²) < 4.78 is 0.